The van der Waals surface area contributed by atoms with Gasteiger partial charge in [0.25, 0.3) is 0 Å². The van der Waals surface area contributed by atoms with Gasteiger partial charge in [-0.3, -0.25) is 0 Å². The summed E-state index contributed by atoms with van der Waals surface area (Å²) in [4.78, 5) is 3.62. The van der Waals surface area contributed by atoms with E-state index in [1.165, 1.54) is 55.8 Å². The maximum Gasteiger partial charge on any atom is 0.160 e. The van der Waals surface area contributed by atoms with Crippen molar-refractivity contribution in [2.75, 3.05) is 11.9 Å². The highest BCUT2D eigenvalue weighted by atomic mass is 14.9. The first-order valence-corrected chi connectivity index (χ1v) is 13.5. The number of aromatic nitrogens is 1. The Kier molecular flexibility index (Phi) is 8.94. The van der Waals surface area contributed by atoms with Crippen molar-refractivity contribution in [3.05, 3.63) is 118 Å². The number of H-pyrrole nitrogens is 1. The molecule has 0 saturated heterocycles. The molecule has 1 aromatic heterocycles. The summed E-state index contributed by atoms with van der Waals surface area (Å²) in [7, 11) is 2.38. The molecule has 3 aromatic rings. The van der Waals surface area contributed by atoms with Gasteiger partial charge in [-0.2, -0.15) is 0 Å². The first kappa shape index (κ1) is 26.8. The van der Waals surface area contributed by atoms with Crippen LogP contribution in [0.3, 0.4) is 0 Å². The Balaban J connectivity index is 1.40. The Morgan fingerprint density at radius 2 is 1.65 bits per heavy atom. The maximum atomic E-state index is 3.97. The Labute approximate surface area is 224 Å². The van der Waals surface area contributed by atoms with Crippen LogP contribution in [0.25, 0.3) is 5.57 Å². The monoisotopic (exact) mass is 490 g/mol. The van der Waals surface area contributed by atoms with Gasteiger partial charge in [0.2, 0.25) is 0 Å². The number of aromatic amines is 1. The van der Waals surface area contributed by atoms with Crippen LogP contribution in [0.2, 0.25) is 5.82 Å². The van der Waals surface area contributed by atoms with Crippen molar-refractivity contribution in [2.45, 2.75) is 66.4 Å². The molecule has 37 heavy (non-hydrogen) atoms. The van der Waals surface area contributed by atoms with Gasteiger partial charge in [0.15, 0.2) is 7.28 Å². The zero-order chi connectivity index (χ0) is 26.4. The fourth-order valence-corrected chi connectivity index (χ4v) is 5.11. The highest BCUT2D eigenvalue weighted by Crippen LogP contribution is 2.37. The fraction of sp³-hybridized carbons (Fsp3) is 0.333. The van der Waals surface area contributed by atoms with Crippen molar-refractivity contribution in [2.24, 2.45) is 0 Å². The Morgan fingerprint density at radius 1 is 0.973 bits per heavy atom. The number of anilines is 1. The molecular formula is C33H41BN3. The van der Waals surface area contributed by atoms with Gasteiger partial charge in [0, 0.05) is 30.2 Å². The molecule has 1 atom stereocenters. The van der Waals surface area contributed by atoms with E-state index in [4.69, 9.17) is 0 Å². The molecule has 4 rings (SSSR count). The first-order valence-electron chi connectivity index (χ1n) is 13.5. The van der Waals surface area contributed by atoms with Gasteiger partial charge in [0.1, 0.15) is 0 Å². The first-order chi connectivity index (χ1) is 17.8. The standard InChI is InChI=1S/C33H41BN3/c1-22(2)8-7-17-35-20-27-9-11-28(12-10-27)21-36-30-15-13-29(14-16-30)31(32-23(3)18-25(5)34-32)33-24(4)19-26(6)37-33/h9-16,18-19,25,35-37H,1,7-8,17,20-21H2,2-6H3/b32-31-. The smallest absolute Gasteiger partial charge is 0.160 e. The molecule has 2 heterocycles. The lowest BCUT2D eigenvalue weighted by atomic mass is 9.61. The van der Waals surface area contributed by atoms with E-state index in [2.05, 4.69) is 125 Å². The molecule has 1 unspecified atom stereocenters. The molecule has 0 aliphatic carbocycles. The number of hydrogen-bond donors (Lipinski definition) is 3. The van der Waals surface area contributed by atoms with Crippen molar-refractivity contribution < 1.29 is 0 Å². The van der Waals surface area contributed by atoms with E-state index < -0.39 is 0 Å². The summed E-state index contributed by atoms with van der Waals surface area (Å²) in [6.45, 7) is 17.6. The minimum Gasteiger partial charge on any atom is -0.381 e. The Bertz CT molecular complexity index is 1280. The third kappa shape index (κ3) is 7.17. The van der Waals surface area contributed by atoms with E-state index in [0.717, 1.165) is 38.2 Å². The number of nitrogens with one attached hydrogen (secondary N) is 3. The summed E-state index contributed by atoms with van der Waals surface area (Å²) in [5.41, 5.74) is 13.9. The molecule has 0 amide bonds. The second-order valence-electron chi connectivity index (χ2n) is 10.7. The van der Waals surface area contributed by atoms with E-state index in [9.17, 15) is 0 Å². The summed E-state index contributed by atoms with van der Waals surface area (Å²) in [6.07, 6.45) is 4.59. The molecular weight excluding hydrogens is 449 g/mol. The van der Waals surface area contributed by atoms with Crippen LogP contribution >= 0.6 is 0 Å². The minimum absolute atomic E-state index is 0.464. The van der Waals surface area contributed by atoms with Gasteiger partial charge in [-0.15, -0.1) is 6.58 Å². The maximum absolute atomic E-state index is 3.97. The van der Waals surface area contributed by atoms with Crippen LogP contribution in [0.15, 0.2) is 83.9 Å². The van der Waals surface area contributed by atoms with Crippen LogP contribution in [-0.2, 0) is 13.1 Å². The molecule has 2 aromatic carbocycles. The zero-order valence-corrected chi connectivity index (χ0v) is 23.2. The van der Waals surface area contributed by atoms with Crippen molar-refractivity contribution in [3.8, 4) is 0 Å². The van der Waals surface area contributed by atoms with E-state index in [1.807, 2.05) is 0 Å². The molecule has 3 N–H and O–H groups in total. The summed E-state index contributed by atoms with van der Waals surface area (Å²) < 4.78 is 0. The van der Waals surface area contributed by atoms with Gasteiger partial charge in [0.05, 0.1) is 0 Å². The van der Waals surface area contributed by atoms with Crippen LogP contribution in [-0.4, -0.2) is 18.8 Å². The van der Waals surface area contributed by atoms with Crippen molar-refractivity contribution in [3.63, 3.8) is 0 Å². The van der Waals surface area contributed by atoms with E-state index >= 15 is 0 Å². The van der Waals surface area contributed by atoms with Gasteiger partial charge in [-0.1, -0.05) is 66.0 Å². The number of hydrogen-bond acceptors (Lipinski definition) is 2. The molecule has 4 heteroatoms. The molecule has 1 aliphatic heterocycles. The lowest BCUT2D eigenvalue weighted by Crippen LogP contribution is -2.14. The second-order valence-corrected chi connectivity index (χ2v) is 10.7. The van der Waals surface area contributed by atoms with Crippen LogP contribution in [0.4, 0.5) is 5.69 Å². The second kappa shape index (κ2) is 12.3. The summed E-state index contributed by atoms with van der Waals surface area (Å²) in [5, 5.41) is 7.11. The average Bonchev–Trinajstić information content (AvgIpc) is 3.38. The van der Waals surface area contributed by atoms with Crippen LogP contribution in [0, 0.1) is 13.8 Å². The number of aryl methyl sites for hydroxylation is 2. The van der Waals surface area contributed by atoms with Gasteiger partial charge in [-0.25, -0.2) is 0 Å². The Morgan fingerprint density at radius 3 is 2.22 bits per heavy atom. The largest absolute Gasteiger partial charge is 0.381 e. The van der Waals surface area contributed by atoms with Crippen LogP contribution in [0.1, 0.15) is 67.3 Å². The van der Waals surface area contributed by atoms with Crippen LogP contribution < -0.4 is 10.6 Å². The molecule has 191 valence electrons. The zero-order valence-electron chi connectivity index (χ0n) is 23.2. The lowest BCUT2D eigenvalue weighted by molar-refractivity contribution is 0.648. The van der Waals surface area contributed by atoms with Crippen molar-refractivity contribution in [1.82, 2.24) is 10.3 Å². The summed E-state index contributed by atoms with van der Waals surface area (Å²) in [5.74, 6) is 0.464. The topological polar surface area (TPSA) is 39.8 Å². The molecule has 0 saturated carbocycles. The van der Waals surface area contributed by atoms with Crippen LogP contribution in [0.5, 0.6) is 0 Å². The number of allylic oxidation sites excluding steroid dienone is 4. The van der Waals surface area contributed by atoms with Crippen molar-refractivity contribution >= 4 is 18.5 Å². The highest BCUT2D eigenvalue weighted by Gasteiger charge is 2.23. The van der Waals surface area contributed by atoms with E-state index in [-0.39, 0.29) is 0 Å². The molecule has 0 spiro atoms. The molecule has 0 fully saturated rings. The predicted molar refractivity (Wildman–Crippen MR) is 161 cm³/mol. The number of benzene rings is 2. The lowest BCUT2D eigenvalue weighted by Gasteiger charge is -2.15. The summed E-state index contributed by atoms with van der Waals surface area (Å²) in [6, 6.07) is 20.0. The average molecular weight is 491 g/mol. The quantitative estimate of drug-likeness (QED) is 0.145. The third-order valence-corrected chi connectivity index (χ3v) is 7.02. The van der Waals surface area contributed by atoms with Gasteiger partial charge >= 0.3 is 0 Å². The number of rotatable bonds is 11. The fourth-order valence-electron chi connectivity index (χ4n) is 5.11. The molecule has 1 radical (unpaired) electrons. The molecule has 0 bridgehead atoms. The van der Waals surface area contributed by atoms with E-state index in [1.54, 1.807) is 0 Å². The Hall–Kier alpha value is -3.24. The minimum atomic E-state index is 0.464. The predicted octanol–water partition coefficient (Wildman–Crippen LogP) is 7.92. The SMILES string of the molecule is C=C(C)CCCNCc1ccc(CNc2ccc(/C(=C3/[B]C(C)C=C3C)c3[nH]c(C)cc3C)cc2)cc1. The van der Waals surface area contributed by atoms with Crippen molar-refractivity contribution in [1.29, 1.82) is 0 Å². The van der Waals surface area contributed by atoms with Gasteiger partial charge < -0.3 is 15.6 Å². The highest BCUT2D eigenvalue weighted by molar-refractivity contribution is 6.53. The normalized spacial score (nSPS) is 16.4. The van der Waals surface area contributed by atoms with Gasteiger partial charge in [-0.05, 0) is 98.9 Å². The summed E-state index contributed by atoms with van der Waals surface area (Å²) >= 11 is 0. The molecule has 3 nitrogen and oxygen atoms in total. The van der Waals surface area contributed by atoms with E-state index in [0.29, 0.717) is 5.82 Å². The molecule has 1 aliphatic rings. The third-order valence-electron chi connectivity index (χ3n) is 7.02.